The van der Waals surface area contributed by atoms with Crippen LogP contribution in [0.15, 0.2) is 0 Å². The molecule has 0 spiro atoms. The monoisotopic (exact) mass is 405 g/mol. The second kappa shape index (κ2) is 14.2. The van der Waals surface area contributed by atoms with Crippen molar-refractivity contribution in [2.45, 2.75) is 50.7 Å². The zero-order valence-corrected chi connectivity index (χ0v) is 16.6. The van der Waals surface area contributed by atoms with Gasteiger partial charge < -0.3 is 32.5 Å². The highest BCUT2D eigenvalue weighted by Crippen LogP contribution is 2.05. The second-order valence-corrected chi connectivity index (χ2v) is 7.07. The van der Waals surface area contributed by atoms with Gasteiger partial charge in [0, 0.05) is 0 Å². The molecule has 8 N–H and O–H groups in total. The minimum atomic E-state index is -1.18. The largest absolute Gasteiger partial charge is 0.480 e. The normalized spacial score (nSPS) is 13.9. The molecule has 11 heteroatoms. The number of nitrogens with two attached hydrogens (primary N) is 2. The molecule has 0 aliphatic carbocycles. The average Bonchev–Trinajstić information content (AvgIpc) is 2.61. The van der Waals surface area contributed by atoms with Gasteiger partial charge in [0.05, 0.1) is 6.04 Å². The Morgan fingerprint density at radius 1 is 1.00 bits per heavy atom. The van der Waals surface area contributed by atoms with Gasteiger partial charge in [-0.25, -0.2) is 0 Å². The summed E-state index contributed by atoms with van der Waals surface area (Å²) in [5.74, 6) is -2.13. The van der Waals surface area contributed by atoms with Gasteiger partial charge in [-0.15, -0.1) is 0 Å². The number of carboxylic acids is 1. The first kappa shape index (κ1) is 25.1. The highest BCUT2D eigenvalue weighted by atomic mass is 32.2. The molecular formula is C16H31N5O5S. The molecule has 156 valence electrons. The molecule has 0 aromatic carbocycles. The van der Waals surface area contributed by atoms with Crippen LogP contribution in [0.25, 0.3) is 0 Å². The number of hydrogen-bond donors (Lipinski definition) is 6. The number of nitrogens with one attached hydrogen (secondary N) is 3. The lowest BCUT2D eigenvalue weighted by Gasteiger charge is -2.23. The van der Waals surface area contributed by atoms with Crippen molar-refractivity contribution in [1.29, 1.82) is 0 Å². The van der Waals surface area contributed by atoms with E-state index >= 15 is 0 Å². The Morgan fingerprint density at radius 2 is 1.59 bits per heavy atom. The number of aliphatic carboxylic acids is 1. The van der Waals surface area contributed by atoms with Gasteiger partial charge in [0.2, 0.25) is 17.7 Å². The van der Waals surface area contributed by atoms with Crippen LogP contribution in [0.2, 0.25) is 0 Å². The number of rotatable bonds is 14. The third kappa shape index (κ3) is 11.5. The van der Waals surface area contributed by atoms with E-state index in [0.717, 1.165) is 0 Å². The Morgan fingerprint density at radius 3 is 2.11 bits per heavy atom. The molecule has 3 unspecified atom stereocenters. The molecule has 3 amide bonds. The number of carbonyl (C=O) groups excluding carboxylic acids is 3. The Labute approximate surface area is 163 Å². The smallest absolute Gasteiger partial charge is 0.322 e. The Hall–Kier alpha value is -1.85. The Kier molecular flexibility index (Phi) is 13.3. The van der Waals surface area contributed by atoms with Gasteiger partial charge in [-0.05, 0) is 51.2 Å². The zero-order valence-electron chi connectivity index (χ0n) is 15.8. The maximum absolute atomic E-state index is 12.6. The van der Waals surface area contributed by atoms with Crippen LogP contribution in [0.5, 0.6) is 0 Å². The molecule has 0 radical (unpaired) electrons. The van der Waals surface area contributed by atoms with Crippen LogP contribution >= 0.6 is 11.8 Å². The van der Waals surface area contributed by atoms with E-state index < -0.39 is 48.4 Å². The lowest BCUT2D eigenvalue weighted by Crippen LogP contribution is -2.55. The predicted octanol–water partition coefficient (Wildman–Crippen LogP) is -1.61. The third-order valence-corrected chi connectivity index (χ3v) is 4.29. The van der Waals surface area contributed by atoms with Gasteiger partial charge in [0.15, 0.2) is 0 Å². The summed E-state index contributed by atoms with van der Waals surface area (Å²) in [6.07, 6.45) is 3.80. The number of unbranched alkanes of at least 4 members (excludes halogenated alkanes) is 1. The molecule has 0 aromatic rings. The van der Waals surface area contributed by atoms with Crippen molar-refractivity contribution >= 4 is 35.5 Å². The van der Waals surface area contributed by atoms with Gasteiger partial charge in [-0.2, -0.15) is 11.8 Å². The molecule has 0 aromatic heterocycles. The van der Waals surface area contributed by atoms with E-state index in [-0.39, 0.29) is 0 Å². The number of carbonyl (C=O) groups is 4. The van der Waals surface area contributed by atoms with Gasteiger partial charge in [0.1, 0.15) is 18.6 Å². The molecule has 0 aliphatic heterocycles. The molecule has 0 bridgehead atoms. The molecule has 0 fully saturated rings. The Bertz CT molecular complexity index is 504. The number of hydrogen-bond acceptors (Lipinski definition) is 7. The Balaban J connectivity index is 5.05. The second-order valence-electron chi connectivity index (χ2n) is 6.09. The van der Waals surface area contributed by atoms with Crippen molar-refractivity contribution in [3.05, 3.63) is 0 Å². The molecule has 27 heavy (non-hydrogen) atoms. The van der Waals surface area contributed by atoms with Crippen LogP contribution in [0.3, 0.4) is 0 Å². The quantitative estimate of drug-likeness (QED) is 0.187. The fraction of sp³-hybridized carbons (Fsp3) is 0.750. The summed E-state index contributed by atoms with van der Waals surface area (Å²) < 4.78 is 0. The fourth-order valence-corrected chi connectivity index (χ4v) is 2.60. The minimum Gasteiger partial charge on any atom is -0.480 e. The first-order valence-electron chi connectivity index (χ1n) is 8.77. The van der Waals surface area contributed by atoms with E-state index in [9.17, 15) is 19.2 Å². The summed E-state index contributed by atoms with van der Waals surface area (Å²) in [7, 11) is 0. The highest BCUT2D eigenvalue weighted by molar-refractivity contribution is 7.98. The van der Waals surface area contributed by atoms with Crippen LogP contribution < -0.4 is 27.4 Å². The summed E-state index contributed by atoms with van der Waals surface area (Å²) in [4.78, 5) is 47.3. The average molecular weight is 406 g/mol. The molecule has 0 aliphatic rings. The summed E-state index contributed by atoms with van der Waals surface area (Å²) >= 11 is 1.52. The van der Waals surface area contributed by atoms with Crippen molar-refractivity contribution in [1.82, 2.24) is 16.0 Å². The zero-order chi connectivity index (χ0) is 20.8. The van der Waals surface area contributed by atoms with Gasteiger partial charge in [-0.1, -0.05) is 0 Å². The first-order valence-corrected chi connectivity index (χ1v) is 10.2. The molecule has 0 heterocycles. The molecule has 0 saturated carbocycles. The summed E-state index contributed by atoms with van der Waals surface area (Å²) in [6, 6.07) is -2.51. The SMILES string of the molecule is CSCCC(NC(=O)C(C)N)C(=O)NC(CCCCN)C(=O)NCC(=O)O. The van der Waals surface area contributed by atoms with Crippen molar-refractivity contribution in [2.75, 3.05) is 25.1 Å². The molecule has 10 nitrogen and oxygen atoms in total. The van der Waals surface area contributed by atoms with Crippen LogP contribution in [-0.2, 0) is 19.2 Å². The summed E-state index contributed by atoms with van der Waals surface area (Å²) in [5.41, 5.74) is 11.0. The van der Waals surface area contributed by atoms with E-state index in [1.165, 1.54) is 18.7 Å². The molecule has 0 saturated heterocycles. The van der Waals surface area contributed by atoms with Crippen molar-refractivity contribution in [3.8, 4) is 0 Å². The maximum Gasteiger partial charge on any atom is 0.322 e. The molecular weight excluding hydrogens is 374 g/mol. The molecule has 0 rings (SSSR count). The van der Waals surface area contributed by atoms with E-state index in [1.807, 2.05) is 6.26 Å². The van der Waals surface area contributed by atoms with Crippen molar-refractivity contribution in [3.63, 3.8) is 0 Å². The standard InChI is InChI=1S/C16H31N5O5S/c1-10(18)14(24)20-12(6-8-27-2)16(26)21-11(5-3-4-7-17)15(25)19-9-13(22)23/h10-12H,3-9,17-18H2,1-2H3,(H,19,25)(H,20,24)(H,21,26)(H,22,23). The maximum atomic E-state index is 12.6. The topological polar surface area (TPSA) is 177 Å². The number of carboxylic acid groups (broad SMARTS) is 1. The van der Waals surface area contributed by atoms with Crippen LogP contribution in [0.4, 0.5) is 0 Å². The third-order valence-electron chi connectivity index (χ3n) is 3.65. The van der Waals surface area contributed by atoms with Crippen LogP contribution in [-0.4, -0.2) is 72.0 Å². The summed E-state index contributed by atoms with van der Waals surface area (Å²) in [6.45, 7) is 1.41. The molecule has 3 atom stereocenters. The van der Waals surface area contributed by atoms with Gasteiger partial charge in [0.25, 0.3) is 0 Å². The van der Waals surface area contributed by atoms with Gasteiger partial charge >= 0.3 is 5.97 Å². The van der Waals surface area contributed by atoms with Crippen molar-refractivity contribution < 1.29 is 24.3 Å². The van der Waals surface area contributed by atoms with Crippen molar-refractivity contribution in [2.24, 2.45) is 11.5 Å². The number of amides is 3. The van der Waals surface area contributed by atoms with Gasteiger partial charge in [-0.3, -0.25) is 19.2 Å². The highest BCUT2D eigenvalue weighted by Gasteiger charge is 2.27. The minimum absolute atomic E-state index is 0.310. The van der Waals surface area contributed by atoms with E-state index in [4.69, 9.17) is 16.6 Å². The predicted molar refractivity (Wildman–Crippen MR) is 104 cm³/mol. The lowest BCUT2D eigenvalue weighted by atomic mass is 10.1. The first-order chi connectivity index (χ1) is 12.7. The van der Waals surface area contributed by atoms with E-state index in [0.29, 0.717) is 38.0 Å². The van der Waals surface area contributed by atoms with Crippen LogP contribution in [0, 0.1) is 0 Å². The lowest BCUT2D eigenvalue weighted by molar-refractivity contribution is -0.138. The van der Waals surface area contributed by atoms with Crippen LogP contribution in [0.1, 0.15) is 32.6 Å². The summed E-state index contributed by atoms with van der Waals surface area (Å²) in [5, 5.41) is 16.1. The number of thioether (sulfide) groups is 1. The van der Waals surface area contributed by atoms with E-state index in [1.54, 1.807) is 0 Å². The fourth-order valence-electron chi connectivity index (χ4n) is 2.13. The van der Waals surface area contributed by atoms with E-state index in [2.05, 4.69) is 16.0 Å².